The van der Waals surface area contributed by atoms with Crippen molar-refractivity contribution in [1.82, 2.24) is 10.2 Å². The Hall–Kier alpha value is -0.930. The highest BCUT2D eigenvalue weighted by molar-refractivity contribution is 5.26. The summed E-state index contributed by atoms with van der Waals surface area (Å²) in [5, 5.41) is 3.65. The van der Waals surface area contributed by atoms with Crippen LogP contribution in [0.25, 0.3) is 0 Å². The van der Waals surface area contributed by atoms with Gasteiger partial charge in [0.2, 0.25) is 0 Å². The van der Waals surface area contributed by atoms with Crippen LogP contribution in [0.4, 0.5) is 4.39 Å². The van der Waals surface area contributed by atoms with Crippen LogP contribution in [0.15, 0.2) is 18.2 Å². The first kappa shape index (κ1) is 16.4. The van der Waals surface area contributed by atoms with Crippen molar-refractivity contribution in [3.05, 3.63) is 35.1 Å². The largest absolute Gasteiger partial charge is 0.309 e. The Kier molecular flexibility index (Phi) is 5.05. The van der Waals surface area contributed by atoms with Gasteiger partial charge in [-0.25, -0.2) is 4.39 Å². The van der Waals surface area contributed by atoms with E-state index in [0.29, 0.717) is 12.0 Å². The first-order valence-electron chi connectivity index (χ1n) is 8.02. The van der Waals surface area contributed by atoms with Crippen molar-refractivity contribution in [1.29, 1.82) is 0 Å². The molecule has 2 nitrogen and oxygen atoms in total. The second-order valence-corrected chi connectivity index (χ2v) is 7.37. The number of aryl methyl sites for hydroxylation is 1. The molecule has 3 heteroatoms. The van der Waals surface area contributed by atoms with Gasteiger partial charge in [0, 0.05) is 31.2 Å². The molecule has 1 aromatic rings. The van der Waals surface area contributed by atoms with Gasteiger partial charge < -0.3 is 5.32 Å². The number of rotatable bonds is 4. The number of hydrogen-bond acceptors (Lipinski definition) is 2. The van der Waals surface area contributed by atoms with E-state index in [1.165, 1.54) is 5.56 Å². The summed E-state index contributed by atoms with van der Waals surface area (Å²) in [5.41, 5.74) is 2.49. The van der Waals surface area contributed by atoms with Crippen molar-refractivity contribution in [3.8, 4) is 0 Å². The molecule has 0 bridgehead atoms. The van der Waals surface area contributed by atoms with Gasteiger partial charge in [-0.05, 0) is 56.4 Å². The van der Waals surface area contributed by atoms with Gasteiger partial charge >= 0.3 is 0 Å². The Morgan fingerprint density at radius 2 is 2.10 bits per heavy atom. The van der Waals surface area contributed by atoms with Crippen molar-refractivity contribution in [2.75, 3.05) is 19.6 Å². The third-order valence-corrected chi connectivity index (χ3v) is 4.60. The van der Waals surface area contributed by atoms with Crippen molar-refractivity contribution in [2.24, 2.45) is 5.92 Å². The number of nitrogens with one attached hydrogen (secondary N) is 1. The summed E-state index contributed by atoms with van der Waals surface area (Å²) < 4.78 is 13.2. The summed E-state index contributed by atoms with van der Waals surface area (Å²) in [6, 6.07) is 5.72. The number of piperazine rings is 1. The highest BCUT2D eigenvalue weighted by Crippen LogP contribution is 2.21. The van der Waals surface area contributed by atoms with Gasteiger partial charge in [-0.15, -0.1) is 0 Å². The monoisotopic (exact) mass is 292 g/mol. The Morgan fingerprint density at radius 3 is 2.71 bits per heavy atom. The van der Waals surface area contributed by atoms with Crippen LogP contribution < -0.4 is 5.32 Å². The molecular formula is C18H29FN2. The Bertz CT molecular complexity index is 482. The number of hydrogen-bond donors (Lipinski definition) is 1. The number of halogens is 1. The number of nitrogens with zero attached hydrogens (tertiary/aromatic N) is 1. The maximum absolute atomic E-state index is 13.2. The molecule has 2 rings (SSSR count). The van der Waals surface area contributed by atoms with E-state index in [-0.39, 0.29) is 11.4 Å². The van der Waals surface area contributed by atoms with Crippen molar-refractivity contribution < 1.29 is 4.39 Å². The van der Waals surface area contributed by atoms with Crippen LogP contribution >= 0.6 is 0 Å². The first-order valence-corrected chi connectivity index (χ1v) is 8.02. The highest BCUT2D eigenvalue weighted by atomic mass is 19.1. The van der Waals surface area contributed by atoms with Crippen molar-refractivity contribution in [3.63, 3.8) is 0 Å². The molecule has 0 spiro atoms. The van der Waals surface area contributed by atoms with Crippen LogP contribution in [0.3, 0.4) is 0 Å². The van der Waals surface area contributed by atoms with E-state index >= 15 is 0 Å². The normalized spacial score (nSPS) is 22.7. The minimum absolute atomic E-state index is 0.139. The Labute approximate surface area is 128 Å². The van der Waals surface area contributed by atoms with Crippen molar-refractivity contribution >= 4 is 0 Å². The smallest absolute Gasteiger partial charge is 0.123 e. The standard InChI is InChI=1S/C18H29FN2/c1-13(2)17-11-20-18(4,5)12-21(17)9-8-15-6-7-16(19)10-14(15)3/h6-7,10,13,17,20H,8-9,11-12H2,1-5H3. The molecular weight excluding hydrogens is 263 g/mol. The third kappa shape index (κ3) is 4.27. The van der Waals surface area contributed by atoms with Crippen LogP contribution in [0.2, 0.25) is 0 Å². The van der Waals surface area contributed by atoms with Crippen LogP contribution in [0, 0.1) is 18.7 Å². The van der Waals surface area contributed by atoms with E-state index < -0.39 is 0 Å². The lowest BCUT2D eigenvalue weighted by molar-refractivity contribution is 0.0705. The summed E-state index contributed by atoms with van der Waals surface area (Å²) in [5.74, 6) is 0.502. The summed E-state index contributed by atoms with van der Waals surface area (Å²) >= 11 is 0. The zero-order chi connectivity index (χ0) is 15.6. The fraction of sp³-hybridized carbons (Fsp3) is 0.667. The molecule has 1 saturated heterocycles. The molecule has 0 saturated carbocycles. The van der Waals surface area contributed by atoms with Crippen molar-refractivity contribution in [2.45, 2.75) is 52.6 Å². The molecule has 1 N–H and O–H groups in total. The zero-order valence-corrected chi connectivity index (χ0v) is 14.0. The molecule has 118 valence electrons. The molecule has 1 heterocycles. The van der Waals surface area contributed by atoms with Gasteiger partial charge in [-0.1, -0.05) is 19.9 Å². The first-order chi connectivity index (χ1) is 9.78. The van der Waals surface area contributed by atoms with E-state index in [4.69, 9.17) is 0 Å². The minimum atomic E-state index is -0.139. The van der Waals surface area contributed by atoms with Crippen LogP contribution in [-0.4, -0.2) is 36.1 Å². The quantitative estimate of drug-likeness (QED) is 0.915. The summed E-state index contributed by atoms with van der Waals surface area (Å²) in [6.07, 6.45) is 0.991. The predicted octanol–water partition coefficient (Wildman–Crippen LogP) is 3.39. The zero-order valence-electron chi connectivity index (χ0n) is 14.0. The van der Waals surface area contributed by atoms with E-state index in [1.54, 1.807) is 12.1 Å². The molecule has 1 fully saturated rings. The van der Waals surface area contributed by atoms with E-state index in [1.807, 2.05) is 13.0 Å². The van der Waals surface area contributed by atoms with E-state index in [0.717, 1.165) is 31.6 Å². The van der Waals surface area contributed by atoms with Gasteiger partial charge in [0.15, 0.2) is 0 Å². The highest BCUT2D eigenvalue weighted by Gasteiger charge is 2.33. The fourth-order valence-corrected chi connectivity index (χ4v) is 3.30. The van der Waals surface area contributed by atoms with Crippen LogP contribution in [0.5, 0.6) is 0 Å². The number of benzene rings is 1. The van der Waals surface area contributed by atoms with E-state index in [9.17, 15) is 4.39 Å². The fourth-order valence-electron chi connectivity index (χ4n) is 3.30. The van der Waals surface area contributed by atoms with E-state index in [2.05, 4.69) is 37.9 Å². The lowest BCUT2D eigenvalue weighted by Crippen LogP contribution is -2.63. The SMILES string of the molecule is Cc1cc(F)ccc1CCN1CC(C)(C)NCC1C(C)C. The Balaban J connectivity index is 2.04. The second-order valence-electron chi connectivity index (χ2n) is 7.37. The average molecular weight is 292 g/mol. The van der Waals surface area contributed by atoms with Gasteiger partial charge in [-0.3, -0.25) is 4.90 Å². The molecule has 0 amide bonds. The summed E-state index contributed by atoms with van der Waals surface area (Å²) in [6.45, 7) is 14.3. The van der Waals surface area contributed by atoms with Gasteiger partial charge in [0.25, 0.3) is 0 Å². The molecule has 0 aromatic heterocycles. The molecule has 1 aliphatic heterocycles. The van der Waals surface area contributed by atoms with Gasteiger partial charge in [0.1, 0.15) is 5.82 Å². The van der Waals surface area contributed by atoms with Gasteiger partial charge in [0.05, 0.1) is 0 Å². The van der Waals surface area contributed by atoms with Crippen LogP contribution in [-0.2, 0) is 6.42 Å². The minimum Gasteiger partial charge on any atom is -0.309 e. The lowest BCUT2D eigenvalue weighted by atomic mass is 9.92. The topological polar surface area (TPSA) is 15.3 Å². The summed E-state index contributed by atoms with van der Waals surface area (Å²) in [7, 11) is 0. The second kappa shape index (κ2) is 6.45. The average Bonchev–Trinajstić information content (AvgIpc) is 2.36. The third-order valence-electron chi connectivity index (χ3n) is 4.60. The molecule has 21 heavy (non-hydrogen) atoms. The molecule has 1 aliphatic rings. The molecule has 0 radical (unpaired) electrons. The van der Waals surface area contributed by atoms with Gasteiger partial charge in [-0.2, -0.15) is 0 Å². The molecule has 1 atom stereocenters. The molecule has 1 aromatic carbocycles. The lowest BCUT2D eigenvalue weighted by Gasteiger charge is -2.46. The molecule has 1 unspecified atom stereocenters. The van der Waals surface area contributed by atoms with Crippen LogP contribution in [0.1, 0.15) is 38.8 Å². The molecule has 0 aliphatic carbocycles. The maximum atomic E-state index is 13.2. The Morgan fingerprint density at radius 1 is 1.38 bits per heavy atom. The maximum Gasteiger partial charge on any atom is 0.123 e. The summed E-state index contributed by atoms with van der Waals surface area (Å²) in [4.78, 5) is 2.60. The predicted molar refractivity (Wildman–Crippen MR) is 87.1 cm³/mol.